The minimum absolute atomic E-state index is 1.09. The highest BCUT2D eigenvalue weighted by Gasteiger charge is 2.22. The van der Waals surface area contributed by atoms with Crippen molar-refractivity contribution in [2.24, 2.45) is 0 Å². The molecule has 0 aliphatic rings. The lowest BCUT2D eigenvalue weighted by Gasteiger charge is -2.26. The number of hydrogen-bond donors (Lipinski definition) is 0. The molecule has 0 saturated heterocycles. The van der Waals surface area contributed by atoms with E-state index >= 15 is 0 Å². The molecule has 0 aliphatic carbocycles. The molecule has 0 fully saturated rings. The molecule has 0 N–H and O–H groups in total. The molecule has 1 heterocycles. The van der Waals surface area contributed by atoms with Gasteiger partial charge in [0.1, 0.15) is 0 Å². The van der Waals surface area contributed by atoms with E-state index in [-0.39, 0.29) is 0 Å². The summed E-state index contributed by atoms with van der Waals surface area (Å²) in [6.45, 7) is 24.6. The molecule has 0 saturated carbocycles. The first-order valence-electron chi connectivity index (χ1n) is 10.2. The van der Waals surface area contributed by atoms with E-state index < -0.39 is 0 Å². The van der Waals surface area contributed by atoms with Gasteiger partial charge >= 0.3 is 0 Å². The number of aryl methyl sites for hydroxylation is 1. The second-order valence-electron chi connectivity index (χ2n) is 8.51. The summed E-state index contributed by atoms with van der Waals surface area (Å²) in [7, 11) is 0. The molecule has 0 radical (unpaired) electrons. The van der Waals surface area contributed by atoms with Gasteiger partial charge in [0, 0.05) is 5.69 Å². The Bertz CT molecular complexity index is 1050. The van der Waals surface area contributed by atoms with Crippen LogP contribution in [0.2, 0.25) is 0 Å². The van der Waals surface area contributed by atoms with E-state index in [1.807, 2.05) is 6.33 Å². The molecule has 0 amide bonds. The van der Waals surface area contributed by atoms with E-state index in [4.69, 9.17) is 0 Å². The monoisotopic (exact) mass is 374 g/mol. The third-order valence-electron chi connectivity index (χ3n) is 7.33. The number of imidazole rings is 1. The highest BCUT2D eigenvalue weighted by Crippen LogP contribution is 2.41. The summed E-state index contributed by atoms with van der Waals surface area (Å²) < 4.78 is 2.26. The van der Waals surface area contributed by atoms with Crippen LogP contribution in [-0.4, -0.2) is 9.55 Å². The Hall–Kier alpha value is -2.35. The van der Waals surface area contributed by atoms with Gasteiger partial charge < -0.3 is 4.57 Å². The van der Waals surface area contributed by atoms with Crippen molar-refractivity contribution in [2.45, 2.75) is 76.2 Å². The van der Waals surface area contributed by atoms with Crippen LogP contribution >= 0.6 is 0 Å². The second kappa shape index (κ2) is 6.92. The molecule has 28 heavy (non-hydrogen) atoms. The van der Waals surface area contributed by atoms with Crippen LogP contribution in [-0.2, 0) is 0 Å². The molecule has 0 aliphatic heterocycles. The van der Waals surface area contributed by atoms with Crippen LogP contribution in [0, 0.1) is 76.2 Å². The predicted octanol–water partition coefficient (Wildman–Crippen LogP) is 6.93. The van der Waals surface area contributed by atoms with Crippen LogP contribution in [0.5, 0.6) is 0 Å². The first-order chi connectivity index (χ1) is 13.0. The molecule has 3 aromatic rings. The van der Waals surface area contributed by atoms with Crippen molar-refractivity contribution in [3.63, 3.8) is 0 Å². The number of rotatable bonds is 2. The fraction of sp³-hybridized carbons (Fsp3) is 0.423. The van der Waals surface area contributed by atoms with Gasteiger partial charge in [0.25, 0.3) is 0 Å². The minimum atomic E-state index is 1.09. The molecule has 0 atom stereocenters. The van der Waals surface area contributed by atoms with Gasteiger partial charge in [-0.15, -0.1) is 0 Å². The zero-order valence-corrected chi connectivity index (χ0v) is 19.5. The van der Waals surface area contributed by atoms with Gasteiger partial charge in [0.2, 0.25) is 0 Å². The van der Waals surface area contributed by atoms with Crippen LogP contribution < -0.4 is 0 Å². The molecule has 2 aromatic carbocycles. The Labute approximate surface area is 170 Å². The fourth-order valence-electron chi connectivity index (χ4n) is 4.63. The second-order valence-corrected chi connectivity index (χ2v) is 8.51. The van der Waals surface area contributed by atoms with Gasteiger partial charge in [-0.1, -0.05) is 0 Å². The summed E-state index contributed by atoms with van der Waals surface area (Å²) in [4.78, 5) is 4.54. The molecule has 0 unspecified atom stereocenters. The summed E-state index contributed by atoms with van der Waals surface area (Å²) in [6.07, 6.45) is 1.97. The first-order valence-corrected chi connectivity index (χ1v) is 10.2. The molecule has 2 nitrogen and oxygen atoms in total. The predicted molar refractivity (Wildman–Crippen MR) is 121 cm³/mol. The highest BCUT2D eigenvalue weighted by molar-refractivity contribution is 5.82. The molecule has 3 rings (SSSR count). The van der Waals surface area contributed by atoms with E-state index in [2.05, 4.69) is 85.7 Å². The third kappa shape index (κ3) is 2.73. The van der Waals surface area contributed by atoms with Crippen molar-refractivity contribution < 1.29 is 0 Å². The lowest BCUT2D eigenvalue weighted by Crippen LogP contribution is -2.09. The first kappa shape index (κ1) is 20.4. The molecular weight excluding hydrogens is 340 g/mol. The Morgan fingerprint density at radius 1 is 0.500 bits per heavy atom. The third-order valence-corrected chi connectivity index (χ3v) is 7.33. The van der Waals surface area contributed by atoms with E-state index in [1.54, 1.807) is 0 Å². The average Bonchev–Trinajstić information content (AvgIpc) is 2.99. The maximum absolute atomic E-state index is 4.54. The topological polar surface area (TPSA) is 17.8 Å². The Morgan fingerprint density at radius 2 is 0.857 bits per heavy atom. The van der Waals surface area contributed by atoms with E-state index in [0.29, 0.717) is 0 Å². The van der Waals surface area contributed by atoms with Gasteiger partial charge in [-0.05, 0) is 137 Å². The SMILES string of the molecule is Cc1ncn(-c2c(C)c(C)c(-c3c(C)c(C)c(C)c(C)c3C)c(C)c2C)c1C. The van der Waals surface area contributed by atoms with Gasteiger partial charge in [-0.3, -0.25) is 0 Å². The molecule has 2 heteroatoms. The van der Waals surface area contributed by atoms with Crippen molar-refractivity contribution in [3.8, 4) is 16.8 Å². The van der Waals surface area contributed by atoms with Crippen molar-refractivity contribution in [1.29, 1.82) is 0 Å². The maximum atomic E-state index is 4.54. The standard InChI is InChI=1S/C26H34N2/c1-13-14(2)16(4)24(17(5)15(13)3)25-18(6)20(8)26(21(9)19(25)7)28-12-27-22(10)23(28)11/h12H,1-11H3. The van der Waals surface area contributed by atoms with Gasteiger partial charge in [-0.2, -0.15) is 0 Å². The number of hydrogen-bond acceptors (Lipinski definition) is 1. The van der Waals surface area contributed by atoms with Crippen molar-refractivity contribution in [3.05, 3.63) is 67.8 Å². The van der Waals surface area contributed by atoms with Gasteiger partial charge in [0.15, 0.2) is 0 Å². The van der Waals surface area contributed by atoms with Gasteiger partial charge in [-0.25, -0.2) is 4.98 Å². The summed E-state index contributed by atoms with van der Waals surface area (Å²) in [5, 5.41) is 0. The summed E-state index contributed by atoms with van der Waals surface area (Å²) in [6, 6.07) is 0. The summed E-state index contributed by atoms with van der Waals surface area (Å²) in [5.41, 5.74) is 18.9. The zero-order chi connectivity index (χ0) is 21.1. The quantitative estimate of drug-likeness (QED) is 0.475. The zero-order valence-electron chi connectivity index (χ0n) is 19.5. The molecule has 0 bridgehead atoms. The molecule has 0 spiro atoms. The van der Waals surface area contributed by atoms with Crippen molar-refractivity contribution >= 4 is 0 Å². The summed E-state index contributed by atoms with van der Waals surface area (Å²) >= 11 is 0. The smallest absolute Gasteiger partial charge is 0.0997 e. The molecule has 148 valence electrons. The van der Waals surface area contributed by atoms with Crippen molar-refractivity contribution in [2.75, 3.05) is 0 Å². The number of aromatic nitrogens is 2. The van der Waals surface area contributed by atoms with E-state index in [0.717, 1.165) is 5.69 Å². The molecule has 1 aromatic heterocycles. The largest absolute Gasteiger partial charge is 0.303 e. The Kier molecular flexibility index (Phi) is 5.04. The lowest BCUT2D eigenvalue weighted by molar-refractivity contribution is 0.964. The van der Waals surface area contributed by atoms with Crippen molar-refractivity contribution in [1.82, 2.24) is 9.55 Å². The molecular formula is C26H34N2. The van der Waals surface area contributed by atoms with Crippen LogP contribution in [0.3, 0.4) is 0 Å². The highest BCUT2D eigenvalue weighted by atomic mass is 15.1. The van der Waals surface area contributed by atoms with E-state index in [1.165, 1.54) is 72.6 Å². The number of nitrogens with zero attached hydrogens (tertiary/aromatic N) is 2. The van der Waals surface area contributed by atoms with Crippen LogP contribution in [0.15, 0.2) is 6.33 Å². The number of benzene rings is 2. The maximum Gasteiger partial charge on any atom is 0.0997 e. The van der Waals surface area contributed by atoms with Crippen LogP contribution in [0.25, 0.3) is 16.8 Å². The fourth-order valence-corrected chi connectivity index (χ4v) is 4.63. The Balaban J connectivity index is 2.44. The minimum Gasteiger partial charge on any atom is -0.303 e. The normalized spacial score (nSPS) is 11.4. The van der Waals surface area contributed by atoms with E-state index in [9.17, 15) is 0 Å². The lowest BCUT2D eigenvalue weighted by atomic mass is 9.80. The van der Waals surface area contributed by atoms with Gasteiger partial charge in [0.05, 0.1) is 17.7 Å². The Morgan fingerprint density at radius 3 is 1.21 bits per heavy atom. The summed E-state index contributed by atoms with van der Waals surface area (Å²) in [5.74, 6) is 0. The van der Waals surface area contributed by atoms with Crippen LogP contribution in [0.1, 0.15) is 61.5 Å². The average molecular weight is 375 g/mol. The van der Waals surface area contributed by atoms with Crippen LogP contribution in [0.4, 0.5) is 0 Å².